The quantitative estimate of drug-likeness (QED) is 0.745. The van der Waals surface area contributed by atoms with E-state index >= 15 is 0 Å². The number of nitrogens with zero attached hydrogens (tertiary/aromatic N) is 2. The Morgan fingerprint density at radius 3 is 2.38 bits per heavy atom. The number of piperidine rings is 1. The van der Waals surface area contributed by atoms with E-state index in [9.17, 15) is 4.79 Å². The fourth-order valence-corrected chi connectivity index (χ4v) is 6.98. The van der Waals surface area contributed by atoms with E-state index in [0.717, 1.165) is 58.5 Å². The number of morpholine rings is 1. The molecule has 4 rings (SSSR count). The summed E-state index contributed by atoms with van der Waals surface area (Å²) >= 11 is 4.23. The molecular weight excluding hydrogens is 340 g/mol. The SMILES string of the molecule is O=C(C1CCC1)N1CCC2(CC1)CN(C1CSCCSC1)CCO2. The van der Waals surface area contributed by atoms with Gasteiger partial charge in [-0.15, -0.1) is 0 Å². The zero-order valence-electron chi connectivity index (χ0n) is 14.6. The normalized spacial score (nSPS) is 30.1. The van der Waals surface area contributed by atoms with Crippen molar-refractivity contribution in [3.8, 4) is 0 Å². The molecule has 0 aromatic heterocycles. The molecule has 3 aliphatic heterocycles. The van der Waals surface area contributed by atoms with Gasteiger partial charge in [-0.2, -0.15) is 23.5 Å². The third-order valence-corrected chi connectivity index (χ3v) is 8.71. The molecular formula is C18H30N2O2S2. The Hall–Kier alpha value is 0.0900. The molecule has 1 aliphatic carbocycles. The van der Waals surface area contributed by atoms with Crippen molar-refractivity contribution in [3.63, 3.8) is 0 Å². The van der Waals surface area contributed by atoms with Crippen LogP contribution >= 0.6 is 23.5 Å². The van der Waals surface area contributed by atoms with Crippen molar-refractivity contribution in [1.29, 1.82) is 0 Å². The summed E-state index contributed by atoms with van der Waals surface area (Å²) < 4.78 is 6.29. The summed E-state index contributed by atoms with van der Waals surface area (Å²) in [4.78, 5) is 17.3. The van der Waals surface area contributed by atoms with Crippen molar-refractivity contribution in [2.24, 2.45) is 5.92 Å². The molecule has 6 heteroatoms. The van der Waals surface area contributed by atoms with Gasteiger partial charge in [0.25, 0.3) is 0 Å². The third kappa shape index (κ3) is 3.76. The number of likely N-dealkylation sites (tertiary alicyclic amines) is 1. The lowest BCUT2D eigenvalue weighted by atomic mass is 9.82. The van der Waals surface area contributed by atoms with E-state index in [-0.39, 0.29) is 5.60 Å². The molecule has 0 N–H and O–H groups in total. The van der Waals surface area contributed by atoms with Crippen molar-refractivity contribution < 1.29 is 9.53 Å². The van der Waals surface area contributed by atoms with Gasteiger partial charge in [-0.25, -0.2) is 0 Å². The Kier molecular flexibility index (Phi) is 5.66. The second kappa shape index (κ2) is 7.77. The number of carbonyl (C=O) groups is 1. The number of thioether (sulfide) groups is 2. The Morgan fingerprint density at radius 2 is 1.75 bits per heavy atom. The van der Waals surface area contributed by atoms with E-state index in [0.29, 0.717) is 17.9 Å². The Morgan fingerprint density at radius 1 is 1.04 bits per heavy atom. The monoisotopic (exact) mass is 370 g/mol. The van der Waals surface area contributed by atoms with Crippen LogP contribution in [0, 0.1) is 5.92 Å². The summed E-state index contributed by atoms with van der Waals surface area (Å²) in [6.07, 6.45) is 5.51. The Bertz CT molecular complexity index is 442. The number of rotatable bonds is 2. The molecule has 0 aromatic carbocycles. The molecule has 1 spiro atoms. The van der Waals surface area contributed by atoms with E-state index in [2.05, 4.69) is 33.3 Å². The fraction of sp³-hybridized carbons (Fsp3) is 0.944. The van der Waals surface area contributed by atoms with Gasteiger partial charge in [0, 0.05) is 61.2 Å². The summed E-state index contributed by atoms with van der Waals surface area (Å²) in [5.41, 5.74) is 0.0102. The van der Waals surface area contributed by atoms with Crippen LogP contribution in [0.15, 0.2) is 0 Å². The topological polar surface area (TPSA) is 32.8 Å². The minimum absolute atomic E-state index is 0.0102. The van der Waals surface area contributed by atoms with Gasteiger partial charge < -0.3 is 9.64 Å². The minimum atomic E-state index is 0.0102. The molecule has 0 bridgehead atoms. The van der Waals surface area contributed by atoms with E-state index in [1.54, 1.807) is 0 Å². The van der Waals surface area contributed by atoms with Gasteiger partial charge in [0.15, 0.2) is 0 Å². The summed E-state index contributed by atoms with van der Waals surface area (Å²) in [6.45, 7) is 4.82. The maximum atomic E-state index is 12.5. The van der Waals surface area contributed by atoms with Crippen LogP contribution in [0.3, 0.4) is 0 Å². The van der Waals surface area contributed by atoms with Gasteiger partial charge in [-0.1, -0.05) is 6.42 Å². The molecule has 0 atom stereocenters. The van der Waals surface area contributed by atoms with Gasteiger partial charge in [-0.3, -0.25) is 9.69 Å². The summed E-state index contributed by atoms with van der Waals surface area (Å²) in [5.74, 6) is 5.90. The van der Waals surface area contributed by atoms with Gasteiger partial charge in [0.2, 0.25) is 5.91 Å². The van der Waals surface area contributed by atoms with Gasteiger partial charge in [0.1, 0.15) is 0 Å². The van der Waals surface area contributed by atoms with Gasteiger partial charge >= 0.3 is 0 Å². The summed E-state index contributed by atoms with van der Waals surface area (Å²) in [5, 5.41) is 0. The van der Waals surface area contributed by atoms with Gasteiger partial charge in [-0.05, 0) is 25.7 Å². The second-order valence-electron chi connectivity index (χ2n) is 7.76. The maximum absolute atomic E-state index is 12.5. The van der Waals surface area contributed by atoms with Crippen molar-refractivity contribution in [2.75, 3.05) is 55.8 Å². The predicted molar refractivity (Wildman–Crippen MR) is 102 cm³/mol. The van der Waals surface area contributed by atoms with Gasteiger partial charge in [0.05, 0.1) is 12.2 Å². The largest absolute Gasteiger partial charge is 0.372 e. The zero-order chi connectivity index (χ0) is 16.4. The molecule has 1 amide bonds. The van der Waals surface area contributed by atoms with Crippen molar-refractivity contribution in [1.82, 2.24) is 9.80 Å². The average molecular weight is 371 g/mol. The highest BCUT2D eigenvalue weighted by molar-refractivity contribution is 8.03. The average Bonchev–Trinajstić information content (AvgIpc) is 2.83. The van der Waals surface area contributed by atoms with E-state index < -0.39 is 0 Å². The molecule has 24 heavy (non-hydrogen) atoms. The highest BCUT2D eigenvalue weighted by Gasteiger charge is 2.43. The molecule has 0 radical (unpaired) electrons. The predicted octanol–water partition coefficient (Wildman–Crippen LogP) is 2.33. The first kappa shape index (κ1) is 17.5. The smallest absolute Gasteiger partial charge is 0.225 e. The minimum Gasteiger partial charge on any atom is -0.372 e. The molecule has 4 fully saturated rings. The van der Waals surface area contributed by atoms with Crippen LogP contribution in [0.25, 0.3) is 0 Å². The molecule has 0 unspecified atom stereocenters. The lowest BCUT2D eigenvalue weighted by Gasteiger charge is -2.49. The number of amides is 1. The lowest BCUT2D eigenvalue weighted by molar-refractivity contribution is -0.156. The van der Waals surface area contributed by atoms with Crippen LogP contribution in [0.4, 0.5) is 0 Å². The Balaban J connectivity index is 1.33. The molecule has 3 heterocycles. The van der Waals surface area contributed by atoms with E-state index in [4.69, 9.17) is 4.74 Å². The fourth-order valence-electron chi connectivity index (χ4n) is 4.35. The second-order valence-corrected chi connectivity index (χ2v) is 10.1. The third-order valence-electron chi connectivity index (χ3n) is 6.23. The molecule has 136 valence electrons. The number of carbonyl (C=O) groups excluding carboxylic acids is 1. The molecule has 4 nitrogen and oxygen atoms in total. The van der Waals surface area contributed by atoms with Crippen LogP contribution in [0.1, 0.15) is 32.1 Å². The van der Waals surface area contributed by atoms with Crippen LogP contribution in [-0.4, -0.2) is 83.1 Å². The zero-order valence-corrected chi connectivity index (χ0v) is 16.2. The molecule has 4 aliphatic rings. The summed E-state index contributed by atoms with van der Waals surface area (Å²) in [6, 6.07) is 0.706. The first-order valence-electron chi connectivity index (χ1n) is 9.58. The maximum Gasteiger partial charge on any atom is 0.225 e. The molecule has 0 aromatic rings. The highest BCUT2D eigenvalue weighted by atomic mass is 32.2. The number of ether oxygens (including phenoxy) is 1. The van der Waals surface area contributed by atoms with Crippen molar-refractivity contribution in [3.05, 3.63) is 0 Å². The number of hydrogen-bond acceptors (Lipinski definition) is 5. The highest BCUT2D eigenvalue weighted by Crippen LogP contribution is 2.35. The van der Waals surface area contributed by atoms with Crippen LogP contribution < -0.4 is 0 Å². The van der Waals surface area contributed by atoms with Crippen LogP contribution in [0.2, 0.25) is 0 Å². The van der Waals surface area contributed by atoms with Crippen molar-refractivity contribution in [2.45, 2.75) is 43.7 Å². The first-order valence-corrected chi connectivity index (χ1v) is 11.9. The van der Waals surface area contributed by atoms with E-state index in [1.807, 2.05) is 0 Å². The summed E-state index contributed by atoms with van der Waals surface area (Å²) in [7, 11) is 0. The molecule has 3 saturated heterocycles. The van der Waals surface area contributed by atoms with Crippen molar-refractivity contribution >= 4 is 29.4 Å². The standard InChI is InChI=1S/C18H30N2O2S2/c21-17(15-2-1-3-15)19-6-4-18(5-7-19)14-20(8-9-22-18)16-12-23-10-11-24-13-16/h15-16H,1-14H2. The number of hydrogen-bond donors (Lipinski definition) is 0. The lowest BCUT2D eigenvalue weighted by Crippen LogP contribution is -2.60. The van der Waals surface area contributed by atoms with E-state index in [1.165, 1.54) is 29.4 Å². The first-order chi connectivity index (χ1) is 11.8. The Labute approximate surface area is 154 Å². The van der Waals surface area contributed by atoms with Crippen LogP contribution in [-0.2, 0) is 9.53 Å². The van der Waals surface area contributed by atoms with Crippen LogP contribution in [0.5, 0.6) is 0 Å². The molecule has 1 saturated carbocycles.